The zero-order chi connectivity index (χ0) is 40.4. The van der Waals surface area contributed by atoms with Crippen molar-refractivity contribution in [3.63, 3.8) is 0 Å². The molecule has 8 heteroatoms. The first-order valence-corrected chi connectivity index (χ1v) is 20.7. The van der Waals surface area contributed by atoms with Gasteiger partial charge in [-0.3, -0.25) is 0 Å². The molecule has 7 aromatic rings. The first-order chi connectivity index (χ1) is 28.9. The number of aromatic nitrogens is 4. The Kier molecular flexibility index (Phi) is 9.00. The van der Waals surface area contributed by atoms with E-state index in [0.29, 0.717) is 11.8 Å². The van der Waals surface area contributed by atoms with E-state index in [1.54, 1.807) is 12.4 Å². The van der Waals surface area contributed by atoms with E-state index in [9.17, 15) is 0 Å². The Hall–Kier alpha value is -6.80. The number of benzene rings is 5. The lowest BCUT2D eigenvalue weighted by Crippen LogP contribution is -2.59. The van der Waals surface area contributed by atoms with Gasteiger partial charge in [-0.25, -0.2) is 19.9 Å². The number of rotatable bonds is 8. The van der Waals surface area contributed by atoms with E-state index in [-0.39, 0.29) is 24.2 Å². The van der Waals surface area contributed by atoms with Crippen LogP contribution in [-0.2, 0) is 0 Å². The van der Waals surface area contributed by atoms with Crippen molar-refractivity contribution in [1.29, 1.82) is 0 Å². The largest absolute Gasteiger partial charge is 0.301 e. The molecule has 8 nitrogen and oxygen atoms in total. The minimum atomic E-state index is -0.311. The molecule has 10 rings (SSSR count). The first kappa shape index (κ1) is 36.5. The third kappa shape index (κ3) is 5.72. The van der Waals surface area contributed by atoms with Crippen molar-refractivity contribution in [3.8, 4) is 11.3 Å². The van der Waals surface area contributed by atoms with E-state index >= 15 is 0 Å². The molecule has 5 heterocycles. The maximum Gasteiger partial charge on any atom is 0.179 e. The molecular formula is C51H48N8. The summed E-state index contributed by atoms with van der Waals surface area (Å²) in [6.07, 6.45) is 7.16. The predicted molar refractivity (Wildman–Crippen MR) is 241 cm³/mol. The number of allylic oxidation sites excluding steroid dienone is 1. The summed E-state index contributed by atoms with van der Waals surface area (Å²) in [6, 6.07) is 45.4. The van der Waals surface area contributed by atoms with Crippen LogP contribution >= 0.6 is 0 Å². The van der Waals surface area contributed by atoms with Crippen LogP contribution in [-0.4, -0.2) is 32.3 Å². The molecule has 0 aliphatic carbocycles. The van der Waals surface area contributed by atoms with Crippen molar-refractivity contribution in [3.05, 3.63) is 181 Å². The van der Waals surface area contributed by atoms with Crippen LogP contribution in [0.3, 0.4) is 0 Å². The lowest BCUT2D eigenvalue weighted by atomic mass is 9.76. The molecule has 0 N–H and O–H groups in total. The van der Waals surface area contributed by atoms with E-state index in [1.165, 1.54) is 22.3 Å². The van der Waals surface area contributed by atoms with Crippen molar-refractivity contribution < 1.29 is 0 Å². The third-order valence-corrected chi connectivity index (χ3v) is 12.4. The van der Waals surface area contributed by atoms with E-state index < -0.39 is 0 Å². The molecule has 3 aliphatic rings. The van der Waals surface area contributed by atoms with Gasteiger partial charge in [-0.15, -0.1) is 6.58 Å². The summed E-state index contributed by atoms with van der Waals surface area (Å²) in [5, 5.41) is 0. The van der Waals surface area contributed by atoms with Gasteiger partial charge < -0.3 is 19.6 Å². The predicted octanol–water partition coefficient (Wildman–Crippen LogP) is 12.3. The maximum atomic E-state index is 5.73. The van der Waals surface area contributed by atoms with Gasteiger partial charge in [0.25, 0.3) is 0 Å². The molecule has 0 bridgehead atoms. The second-order valence-corrected chi connectivity index (χ2v) is 16.4. The molecule has 59 heavy (non-hydrogen) atoms. The summed E-state index contributed by atoms with van der Waals surface area (Å²) in [6.45, 7) is 15.8. The van der Waals surface area contributed by atoms with Gasteiger partial charge in [0, 0.05) is 52.5 Å². The highest BCUT2D eigenvalue weighted by atomic mass is 15.5. The van der Waals surface area contributed by atoms with E-state index in [4.69, 9.17) is 19.9 Å². The molecule has 0 amide bonds. The van der Waals surface area contributed by atoms with E-state index in [2.05, 4.69) is 194 Å². The number of fused-ring (bicyclic) bond motifs is 6. The fourth-order valence-corrected chi connectivity index (χ4v) is 9.83. The summed E-state index contributed by atoms with van der Waals surface area (Å²) in [5.74, 6) is 3.63. The van der Waals surface area contributed by atoms with Crippen LogP contribution in [0.15, 0.2) is 159 Å². The average molecular weight is 773 g/mol. The standard InChI is InChI=1S/C51H48N8/c1-7-37-40-24-15-17-28-43(40)59-49-48(54-31-41(55-49)44-38(32(2)3)25-18-26-39(44)33(4)5)57(36-22-12-9-13-23-36)51(59)45(37)50-56(35-20-10-8-11-21-35)46-47(53-30-29-52-46)58(50)42-27-16-14-19-34(42)6/h7-33,37,45,50-51H,1H2,2-6H3. The Labute approximate surface area is 347 Å². The molecule has 3 aliphatic heterocycles. The van der Waals surface area contributed by atoms with Gasteiger partial charge >= 0.3 is 0 Å². The number of hydrogen-bond acceptors (Lipinski definition) is 8. The molecule has 292 valence electrons. The first-order valence-electron chi connectivity index (χ1n) is 20.7. The molecule has 5 aromatic carbocycles. The zero-order valence-electron chi connectivity index (χ0n) is 34.2. The van der Waals surface area contributed by atoms with E-state index in [1.807, 2.05) is 6.20 Å². The summed E-state index contributed by atoms with van der Waals surface area (Å²) >= 11 is 0. The van der Waals surface area contributed by atoms with Gasteiger partial charge in [0.2, 0.25) is 0 Å². The van der Waals surface area contributed by atoms with Crippen LogP contribution in [0.25, 0.3) is 11.3 Å². The van der Waals surface area contributed by atoms with Crippen molar-refractivity contribution in [1.82, 2.24) is 19.9 Å². The van der Waals surface area contributed by atoms with Crippen LogP contribution in [0.2, 0.25) is 0 Å². The van der Waals surface area contributed by atoms with Gasteiger partial charge in [-0.2, -0.15) is 0 Å². The topological polar surface area (TPSA) is 64.5 Å². The smallest absolute Gasteiger partial charge is 0.179 e. The summed E-state index contributed by atoms with van der Waals surface area (Å²) in [5.41, 5.74) is 11.2. The highest BCUT2D eigenvalue weighted by Gasteiger charge is 2.58. The Bertz CT molecular complexity index is 2650. The molecule has 2 aromatic heterocycles. The van der Waals surface area contributed by atoms with Gasteiger partial charge in [-0.05, 0) is 77.4 Å². The zero-order valence-corrected chi connectivity index (χ0v) is 34.2. The van der Waals surface area contributed by atoms with Crippen LogP contribution in [0.4, 0.5) is 46.0 Å². The molecule has 4 unspecified atom stereocenters. The molecular weight excluding hydrogens is 725 g/mol. The Balaban J connectivity index is 1.28. The van der Waals surface area contributed by atoms with Crippen LogP contribution in [0.5, 0.6) is 0 Å². The summed E-state index contributed by atoms with van der Waals surface area (Å²) in [4.78, 5) is 31.1. The summed E-state index contributed by atoms with van der Waals surface area (Å²) in [7, 11) is 0. The minimum Gasteiger partial charge on any atom is -0.301 e. The number of para-hydroxylation sites is 4. The molecule has 0 spiro atoms. The fraction of sp³-hybridized carbons (Fsp3) is 0.216. The second kappa shape index (κ2) is 14.5. The number of hydrogen-bond donors (Lipinski definition) is 0. The van der Waals surface area contributed by atoms with Gasteiger partial charge in [0.15, 0.2) is 23.3 Å². The monoisotopic (exact) mass is 772 g/mol. The molecule has 0 saturated heterocycles. The summed E-state index contributed by atoms with van der Waals surface area (Å²) < 4.78 is 0. The van der Waals surface area contributed by atoms with Crippen LogP contribution in [0.1, 0.15) is 67.7 Å². The van der Waals surface area contributed by atoms with Gasteiger partial charge in [0.1, 0.15) is 12.3 Å². The normalized spacial score (nSPS) is 19.2. The van der Waals surface area contributed by atoms with Crippen LogP contribution < -0.4 is 19.6 Å². The lowest BCUT2D eigenvalue weighted by molar-refractivity contribution is 0.319. The van der Waals surface area contributed by atoms with Gasteiger partial charge in [-0.1, -0.05) is 125 Å². The fourth-order valence-electron chi connectivity index (χ4n) is 9.83. The van der Waals surface area contributed by atoms with Crippen molar-refractivity contribution in [2.45, 2.75) is 64.7 Å². The number of anilines is 8. The Morgan fingerprint density at radius 1 is 0.542 bits per heavy atom. The Morgan fingerprint density at radius 3 is 1.63 bits per heavy atom. The van der Waals surface area contributed by atoms with E-state index in [0.717, 1.165) is 57.3 Å². The average Bonchev–Trinajstić information content (AvgIpc) is 3.79. The highest BCUT2D eigenvalue weighted by molar-refractivity contribution is 5.90. The maximum absolute atomic E-state index is 5.73. The van der Waals surface area contributed by atoms with Crippen molar-refractivity contribution in [2.75, 3.05) is 19.6 Å². The number of nitrogens with zero attached hydrogens (tertiary/aromatic N) is 8. The Morgan fingerprint density at radius 2 is 1.05 bits per heavy atom. The highest BCUT2D eigenvalue weighted by Crippen LogP contribution is 2.60. The van der Waals surface area contributed by atoms with Crippen molar-refractivity contribution in [2.24, 2.45) is 5.92 Å². The molecule has 0 fully saturated rings. The lowest BCUT2D eigenvalue weighted by Gasteiger charge is -2.51. The molecule has 0 radical (unpaired) electrons. The number of aryl methyl sites for hydroxylation is 1. The quantitative estimate of drug-likeness (QED) is 0.142. The minimum absolute atomic E-state index is 0.0984. The van der Waals surface area contributed by atoms with Crippen LogP contribution in [0, 0.1) is 12.8 Å². The van der Waals surface area contributed by atoms with Gasteiger partial charge in [0.05, 0.1) is 11.9 Å². The second-order valence-electron chi connectivity index (χ2n) is 16.4. The molecule has 4 atom stereocenters. The SMILES string of the molecule is C=CC1c2ccccc2N2c3nc(-c4c(C(C)C)cccc4C(C)C)cnc3N(c3ccccc3)C2C1C1N(c2ccccc2)c2nccnc2N1c1ccccc1C. The molecule has 0 saturated carbocycles. The van der Waals surface area contributed by atoms with Crippen molar-refractivity contribution >= 4 is 46.0 Å². The third-order valence-electron chi connectivity index (χ3n) is 12.4.